The summed E-state index contributed by atoms with van der Waals surface area (Å²) in [4.78, 5) is 11.7. The molecule has 7 heteroatoms. The van der Waals surface area contributed by atoms with Crippen molar-refractivity contribution >= 4 is 15.9 Å². The van der Waals surface area contributed by atoms with Gasteiger partial charge in [-0.3, -0.25) is 4.79 Å². The first-order valence-corrected chi connectivity index (χ1v) is 7.90. The summed E-state index contributed by atoms with van der Waals surface area (Å²) in [7, 11) is -3.94. The number of primary sulfonamides is 1. The van der Waals surface area contributed by atoms with Crippen LogP contribution in [0.25, 0.3) is 0 Å². The van der Waals surface area contributed by atoms with Crippen molar-refractivity contribution in [2.24, 2.45) is 5.14 Å². The summed E-state index contributed by atoms with van der Waals surface area (Å²) in [5, 5.41) is 7.78. The SMILES string of the molecule is C=CCNC(=O)C(C)Oc1c(C)cc(C)cc1S(N)(=O)=O. The van der Waals surface area contributed by atoms with E-state index in [4.69, 9.17) is 9.88 Å². The van der Waals surface area contributed by atoms with Gasteiger partial charge in [0.05, 0.1) is 0 Å². The van der Waals surface area contributed by atoms with Gasteiger partial charge in [-0.2, -0.15) is 0 Å². The molecule has 1 aromatic carbocycles. The zero-order chi connectivity index (χ0) is 16.2. The summed E-state index contributed by atoms with van der Waals surface area (Å²) in [5.74, 6) is -0.264. The normalized spacial score (nSPS) is 12.6. The molecule has 1 rings (SSSR count). The molecule has 3 N–H and O–H groups in total. The quantitative estimate of drug-likeness (QED) is 0.766. The van der Waals surface area contributed by atoms with Gasteiger partial charge < -0.3 is 10.1 Å². The molecule has 0 fully saturated rings. The third-order valence-electron chi connectivity index (χ3n) is 2.78. The van der Waals surface area contributed by atoms with E-state index in [1.807, 2.05) is 0 Å². The Kier molecular flexibility index (Phi) is 5.51. The molecule has 21 heavy (non-hydrogen) atoms. The van der Waals surface area contributed by atoms with Crippen LogP contribution in [-0.4, -0.2) is 27.0 Å². The molecule has 0 aliphatic rings. The monoisotopic (exact) mass is 312 g/mol. The molecule has 0 aliphatic heterocycles. The summed E-state index contributed by atoms with van der Waals surface area (Å²) in [6.07, 6.45) is 0.684. The van der Waals surface area contributed by atoms with Gasteiger partial charge in [0.2, 0.25) is 10.0 Å². The van der Waals surface area contributed by atoms with E-state index in [0.717, 1.165) is 5.56 Å². The first kappa shape index (κ1) is 17.2. The number of hydrogen-bond donors (Lipinski definition) is 2. The highest BCUT2D eigenvalue weighted by Gasteiger charge is 2.22. The molecular formula is C14H20N2O4S. The molecule has 116 valence electrons. The summed E-state index contributed by atoms with van der Waals surface area (Å²) in [6.45, 7) is 8.79. The second kappa shape index (κ2) is 6.73. The number of amides is 1. The Balaban J connectivity index is 3.13. The van der Waals surface area contributed by atoms with Crippen LogP contribution in [0.2, 0.25) is 0 Å². The molecule has 1 aromatic rings. The number of carbonyl (C=O) groups is 1. The van der Waals surface area contributed by atoms with E-state index in [2.05, 4.69) is 11.9 Å². The molecule has 0 radical (unpaired) electrons. The molecule has 0 aromatic heterocycles. The van der Waals surface area contributed by atoms with Crippen LogP contribution in [-0.2, 0) is 14.8 Å². The van der Waals surface area contributed by atoms with Crippen LogP contribution in [0.4, 0.5) is 0 Å². The smallest absolute Gasteiger partial charge is 0.261 e. The molecule has 0 bridgehead atoms. The first-order valence-electron chi connectivity index (χ1n) is 6.36. The number of ether oxygens (including phenoxy) is 1. The minimum Gasteiger partial charge on any atom is -0.479 e. The minimum atomic E-state index is -3.94. The standard InChI is InChI=1S/C14H20N2O4S/c1-5-6-16-14(17)11(4)20-13-10(3)7-9(2)8-12(13)21(15,18)19/h5,7-8,11H,1,6H2,2-4H3,(H,16,17)(H2,15,18,19). The number of benzene rings is 1. The zero-order valence-corrected chi connectivity index (χ0v) is 13.2. The van der Waals surface area contributed by atoms with E-state index < -0.39 is 16.1 Å². The fourth-order valence-corrected chi connectivity index (χ4v) is 2.64. The Morgan fingerprint density at radius 3 is 2.62 bits per heavy atom. The maximum atomic E-state index is 11.8. The van der Waals surface area contributed by atoms with E-state index >= 15 is 0 Å². The lowest BCUT2D eigenvalue weighted by Gasteiger charge is -2.18. The minimum absolute atomic E-state index is 0.101. The maximum absolute atomic E-state index is 11.8. The van der Waals surface area contributed by atoms with Gasteiger partial charge in [0.15, 0.2) is 6.10 Å². The molecule has 0 aliphatic carbocycles. The summed E-state index contributed by atoms with van der Waals surface area (Å²) < 4.78 is 28.8. The van der Waals surface area contributed by atoms with Crippen molar-refractivity contribution in [3.8, 4) is 5.75 Å². The lowest BCUT2D eigenvalue weighted by molar-refractivity contribution is -0.127. The fourth-order valence-electron chi connectivity index (χ4n) is 1.82. The van der Waals surface area contributed by atoms with E-state index in [9.17, 15) is 13.2 Å². The van der Waals surface area contributed by atoms with Crippen molar-refractivity contribution in [1.82, 2.24) is 5.32 Å². The highest BCUT2D eigenvalue weighted by Crippen LogP contribution is 2.29. The van der Waals surface area contributed by atoms with Crippen LogP contribution in [0.5, 0.6) is 5.75 Å². The number of rotatable bonds is 6. The van der Waals surface area contributed by atoms with Crippen molar-refractivity contribution in [1.29, 1.82) is 0 Å². The predicted octanol–water partition coefficient (Wildman–Crippen LogP) is 1.02. The van der Waals surface area contributed by atoms with Crippen LogP contribution in [0.15, 0.2) is 29.7 Å². The molecular weight excluding hydrogens is 292 g/mol. The highest BCUT2D eigenvalue weighted by molar-refractivity contribution is 7.89. The number of sulfonamides is 1. The maximum Gasteiger partial charge on any atom is 0.261 e. The number of nitrogens with two attached hydrogens (primary N) is 1. The summed E-state index contributed by atoms with van der Waals surface area (Å²) >= 11 is 0. The van der Waals surface area contributed by atoms with Gasteiger partial charge in [-0.25, -0.2) is 13.6 Å². The number of hydrogen-bond acceptors (Lipinski definition) is 4. The van der Waals surface area contributed by atoms with Crippen LogP contribution >= 0.6 is 0 Å². The van der Waals surface area contributed by atoms with Gasteiger partial charge in [-0.1, -0.05) is 12.1 Å². The summed E-state index contributed by atoms with van der Waals surface area (Å²) in [6, 6.07) is 3.18. The predicted molar refractivity (Wildman–Crippen MR) is 80.6 cm³/mol. The number of aryl methyl sites for hydroxylation is 2. The summed E-state index contributed by atoms with van der Waals surface area (Å²) in [5.41, 5.74) is 1.34. The average molecular weight is 312 g/mol. The molecule has 0 saturated heterocycles. The van der Waals surface area contributed by atoms with Crippen molar-refractivity contribution in [3.63, 3.8) is 0 Å². The highest BCUT2D eigenvalue weighted by atomic mass is 32.2. The Morgan fingerprint density at radius 1 is 1.48 bits per heavy atom. The van der Waals surface area contributed by atoms with Crippen LogP contribution in [0.3, 0.4) is 0 Å². The van der Waals surface area contributed by atoms with Crippen molar-refractivity contribution in [2.75, 3.05) is 6.54 Å². The lowest BCUT2D eigenvalue weighted by atomic mass is 10.1. The van der Waals surface area contributed by atoms with Crippen molar-refractivity contribution in [3.05, 3.63) is 35.9 Å². The Labute approximate surface area is 125 Å². The topological polar surface area (TPSA) is 98.5 Å². The van der Waals surface area contributed by atoms with Crippen molar-refractivity contribution in [2.45, 2.75) is 31.8 Å². The van der Waals surface area contributed by atoms with Gasteiger partial charge in [0, 0.05) is 6.54 Å². The largest absolute Gasteiger partial charge is 0.479 e. The Morgan fingerprint density at radius 2 is 2.10 bits per heavy atom. The number of carbonyl (C=O) groups excluding carboxylic acids is 1. The third kappa shape index (κ3) is 4.57. The molecule has 6 nitrogen and oxygen atoms in total. The number of nitrogens with one attached hydrogen (secondary N) is 1. The van der Waals surface area contributed by atoms with Crippen molar-refractivity contribution < 1.29 is 17.9 Å². The molecule has 0 heterocycles. The third-order valence-corrected chi connectivity index (χ3v) is 3.69. The average Bonchev–Trinajstić information content (AvgIpc) is 2.37. The van der Waals surface area contributed by atoms with E-state index in [0.29, 0.717) is 12.1 Å². The second-order valence-electron chi connectivity index (χ2n) is 4.75. The van der Waals surface area contributed by atoms with E-state index in [1.54, 1.807) is 19.9 Å². The van der Waals surface area contributed by atoms with Gasteiger partial charge in [0.1, 0.15) is 10.6 Å². The first-order chi connectivity index (χ1) is 9.66. The zero-order valence-electron chi connectivity index (χ0n) is 12.3. The van der Waals surface area contributed by atoms with Crippen LogP contribution < -0.4 is 15.2 Å². The molecule has 0 spiro atoms. The van der Waals surface area contributed by atoms with Crippen LogP contribution in [0.1, 0.15) is 18.1 Å². The lowest BCUT2D eigenvalue weighted by Crippen LogP contribution is -2.36. The Bertz CT molecular complexity index is 653. The molecule has 1 atom stereocenters. The second-order valence-corrected chi connectivity index (χ2v) is 6.28. The van der Waals surface area contributed by atoms with Gasteiger partial charge >= 0.3 is 0 Å². The van der Waals surface area contributed by atoms with Gasteiger partial charge in [-0.05, 0) is 38.0 Å². The fraction of sp³-hybridized carbons (Fsp3) is 0.357. The molecule has 0 saturated carbocycles. The van der Waals surface area contributed by atoms with Gasteiger partial charge in [-0.15, -0.1) is 6.58 Å². The van der Waals surface area contributed by atoms with E-state index in [1.165, 1.54) is 19.1 Å². The van der Waals surface area contributed by atoms with Crippen LogP contribution in [0, 0.1) is 13.8 Å². The Hall–Kier alpha value is -1.86. The molecule has 1 amide bonds. The van der Waals surface area contributed by atoms with E-state index in [-0.39, 0.29) is 16.6 Å². The molecule has 1 unspecified atom stereocenters. The van der Waals surface area contributed by atoms with Gasteiger partial charge in [0.25, 0.3) is 5.91 Å².